The lowest BCUT2D eigenvalue weighted by Crippen LogP contribution is -2.42. The van der Waals surface area contributed by atoms with E-state index in [1.165, 1.54) is 4.88 Å². The zero-order chi connectivity index (χ0) is 27.6. The number of thiophene rings is 1. The minimum absolute atomic E-state index is 0.00635. The molecule has 4 aromatic rings. The van der Waals surface area contributed by atoms with Gasteiger partial charge < -0.3 is 5.43 Å². The van der Waals surface area contributed by atoms with Gasteiger partial charge in [0.2, 0.25) is 0 Å². The number of nitriles is 1. The van der Waals surface area contributed by atoms with E-state index in [0.29, 0.717) is 21.7 Å². The number of amides is 1. The maximum Gasteiger partial charge on any atom is 0.259 e. The number of anilines is 1. The van der Waals surface area contributed by atoms with Gasteiger partial charge in [0.15, 0.2) is 5.78 Å². The van der Waals surface area contributed by atoms with E-state index in [9.17, 15) is 14.9 Å². The van der Waals surface area contributed by atoms with Gasteiger partial charge in [-0.1, -0.05) is 66.7 Å². The van der Waals surface area contributed by atoms with Crippen LogP contribution in [0.25, 0.3) is 10.8 Å². The van der Waals surface area contributed by atoms with Crippen molar-refractivity contribution >= 4 is 38.8 Å². The molecular formula is C32H29N5O2S. The molecule has 0 spiro atoms. The lowest BCUT2D eigenvalue weighted by Gasteiger charge is -2.25. The van der Waals surface area contributed by atoms with Crippen LogP contribution in [-0.4, -0.2) is 42.0 Å². The monoisotopic (exact) mass is 547 g/mol. The van der Waals surface area contributed by atoms with Crippen molar-refractivity contribution in [3.63, 3.8) is 0 Å². The molecule has 2 heterocycles. The van der Waals surface area contributed by atoms with Gasteiger partial charge in [0.05, 0.1) is 24.4 Å². The van der Waals surface area contributed by atoms with Gasteiger partial charge >= 0.3 is 0 Å². The molecule has 200 valence electrons. The number of hydrogen-bond donors (Lipinski definition) is 1. The van der Waals surface area contributed by atoms with Crippen molar-refractivity contribution in [2.75, 3.05) is 25.0 Å². The Morgan fingerprint density at radius 2 is 1.75 bits per heavy atom. The van der Waals surface area contributed by atoms with E-state index < -0.39 is 0 Å². The molecule has 40 heavy (non-hydrogen) atoms. The number of aryl methyl sites for hydroxylation is 1. The first-order chi connectivity index (χ1) is 19.5. The fraction of sp³-hybridized carbons (Fsp3) is 0.219. The van der Waals surface area contributed by atoms with E-state index in [2.05, 4.69) is 11.5 Å². The third kappa shape index (κ3) is 4.86. The zero-order valence-corrected chi connectivity index (χ0v) is 23.1. The molecular weight excluding hydrogens is 518 g/mol. The quantitative estimate of drug-likeness (QED) is 0.300. The first-order valence-electron chi connectivity index (χ1n) is 13.4. The smallest absolute Gasteiger partial charge is 0.259 e. The van der Waals surface area contributed by atoms with Gasteiger partial charge in [0.1, 0.15) is 11.1 Å². The summed E-state index contributed by atoms with van der Waals surface area (Å²) in [5.41, 5.74) is 6.99. The first-order valence-corrected chi connectivity index (χ1v) is 14.3. The number of carbonyl (C=O) groups excluding carboxylic acids is 2. The molecule has 1 N–H and O–H groups in total. The second-order valence-corrected chi connectivity index (χ2v) is 11.2. The van der Waals surface area contributed by atoms with Crippen LogP contribution in [-0.2, 0) is 12.8 Å². The minimum atomic E-state index is -0.156. The summed E-state index contributed by atoms with van der Waals surface area (Å²) in [4.78, 5) is 30.2. The summed E-state index contributed by atoms with van der Waals surface area (Å²) in [5, 5.41) is 16.3. The lowest BCUT2D eigenvalue weighted by atomic mass is 9.96. The van der Waals surface area contributed by atoms with Crippen molar-refractivity contribution in [3.8, 4) is 6.07 Å². The van der Waals surface area contributed by atoms with Gasteiger partial charge in [0, 0.05) is 29.3 Å². The van der Waals surface area contributed by atoms with Crippen LogP contribution in [0, 0.1) is 11.3 Å². The van der Waals surface area contributed by atoms with E-state index in [4.69, 9.17) is 0 Å². The summed E-state index contributed by atoms with van der Waals surface area (Å²) in [6.07, 6.45) is 5.81. The molecule has 0 saturated carbocycles. The molecule has 6 rings (SSSR count). The zero-order valence-electron chi connectivity index (χ0n) is 22.3. The molecule has 3 aromatic carbocycles. The lowest BCUT2D eigenvalue weighted by molar-refractivity contribution is 0.0346. The molecule has 1 aliphatic heterocycles. The van der Waals surface area contributed by atoms with E-state index in [0.717, 1.165) is 47.7 Å². The molecule has 0 bridgehead atoms. The van der Waals surface area contributed by atoms with Crippen molar-refractivity contribution in [1.29, 1.82) is 5.26 Å². The highest BCUT2D eigenvalue weighted by Gasteiger charge is 2.31. The molecule has 1 aliphatic carbocycles. The van der Waals surface area contributed by atoms with Crippen LogP contribution >= 0.6 is 11.3 Å². The van der Waals surface area contributed by atoms with E-state index >= 15 is 0 Å². The maximum absolute atomic E-state index is 14.3. The van der Waals surface area contributed by atoms with Crippen molar-refractivity contribution in [2.24, 2.45) is 0 Å². The Kier molecular flexibility index (Phi) is 7.08. The van der Waals surface area contributed by atoms with Gasteiger partial charge in [-0.15, -0.1) is 16.5 Å². The fourth-order valence-electron chi connectivity index (χ4n) is 5.48. The highest BCUT2D eigenvalue weighted by atomic mass is 32.1. The average molecular weight is 548 g/mol. The number of benzene rings is 3. The molecule has 1 aromatic heterocycles. The second kappa shape index (κ2) is 11.0. The van der Waals surface area contributed by atoms with Crippen LogP contribution < -0.4 is 10.3 Å². The Morgan fingerprint density at radius 3 is 2.58 bits per heavy atom. The van der Waals surface area contributed by atoms with Crippen LogP contribution in [0.15, 0.2) is 84.7 Å². The third-order valence-corrected chi connectivity index (χ3v) is 8.82. The molecule has 0 saturated heterocycles. The number of rotatable bonds is 7. The third-order valence-electron chi connectivity index (χ3n) is 7.50. The SMILES string of the molecule is CN1NC(CN(C(=O)c2cccc3ccccc23)c2sc3c(c2C#N)CCCC3)=CN1CC(=O)c1ccccc1. The largest absolute Gasteiger partial charge is 0.302 e. The number of hydrazine groups is 2. The van der Waals surface area contributed by atoms with Crippen molar-refractivity contribution < 1.29 is 9.59 Å². The van der Waals surface area contributed by atoms with Crippen LogP contribution in [0.2, 0.25) is 0 Å². The second-order valence-electron chi connectivity index (χ2n) is 10.1. The van der Waals surface area contributed by atoms with Gasteiger partial charge in [-0.25, -0.2) is 0 Å². The van der Waals surface area contributed by atoms with Crippen molar-refractivity contribution in [3.05, 3.63) is 112 Å². The number of Topliss-reactive ketones (excluding diaryl/α,β-unsaturated/α-hetero) is 1. The number of carbonyl (C=O) groups is 2. The standard InChI is InChI=1S/C32H29N5O2S/c1-35-34-24(19-36(35)21-29(38)23-11-3-2-4-12-23)20-37(32-28(18-33)26-15-7-8-17-30(26)40-32)31(39)27-16-9-13-22-10-5-6-14-25(22)27/h2-6,9-14,16,19,34H,7-8,15,17,20-21H2,1H3. The highest BCUT2D eigenvalue weighted by Crippen LogP contribution is 2.41. The fourth-order valence-corrected chi connectivity index (χ4v) is 6.81. The Morgan fingerprint density at radius 1 is 1.00 bits per heavy atom. The van der Waals surface area contributed by atoms with Gasteiger partial charge in [-0.05, 0) is 48.1 Å². The number of nitrogens with zero attached hydrogens (tertiary/aromatic N) is 4. The van der Waals surface area contributed by atoms with E-state index in [1.54, 1.807) is 26.4 Å². The van der Waals surface area contributed by atoms with E-state index in [1.807, 2.05) is 86.0 Å². The van der Waals surface area contributed by atoms with Gasteiger partial charge in [-0.3, -0.25) is 19.5 Å². The summed E-state index contributed by atoms with van der Waals surface area (Å²) in [5.74, 6) is -0.163. The van der Waals surface area contributed by atoms with Crippen LogP contribution in [0.5, 0.6) is 0 Å². The molecule has 2 aliphatic rings. The summed E-state index contributed by atoms with van der Waals surface area (Å²) in [6, 6.07) is 25.2. The molecule has 7 nitrogen and oxygen atoms in total. The Labute approximate surface area is 237 Å². The summed E-state index contributed by atoms with van der Waals surface area (Å²) in [6.45, 7) is 0.390. The predicted octanol–water partition coefficient (Wildman–Crippen LogP) is 5.69. The average Bonchev–Trinajstić information content (AvgIpc) is 3.54. The van der Waals surface area contributed by atoms with Crippen LogP contribution in [0.4, 0.5) is 5.00 Å². The number of nitrogens with one attached hydrogen (secondary N) is 1. The van der Waals surface area contributed by atoms with Crippen LogP contribution in [0.1, 0.15) is 49.6 Å². The number of hydrogen-bond acceptors (Lipinski definition) is 7. The molecule has 8 heteroatoms. The topological polar surface area (TPSA) is 79.7 Å². The summed E-state index contributed by atoms with van der Waals surface area (Å²) < 4.78 is 0. The highest BCUT2D eigenvalue weighted by molar-refractivity contribution is 7.16. The van der Waals surface area contributed by atoms with Gasteiger partial charge in [-0.2, -0.15) is 5.26 Å². The maximum atomic E-state index is 14.3. The van der Waals surface area contributed by atoms with Crippen LogP contribution in [0.3, 0.4) is 0 Å². The predicted molar refractivity (Wildman–Crippen MR) is 158 cm³/mol. The van der Waals surface area contributed by atoms with Crippen molar-refractivity contribution in [1.82, 2.24) is 15.6 Å². The first kappa shape index (κ1) is 25.8. The minimum Gasteiger partial charge on any atom is -0.302 e. The molecule has 0 radical (unpaired) electrons. The number of ketones is 1. The summed E-state index contributed by atoms with van der Waals surface area (Å²) in [7, 11) is 1.84. The van der Waals surface area contributed by atoms with Gasteiger partial charge in [0.25, 0.3) is 5.91 Å². The number of fused-ring (bicyclic) bond motifs is 2. The van der Waals surface area contributed by atoms with E-state index in [-0.39, 0.29) is 24.8 Å². The Hall–Kier alpha value is -4.45. The molecule has 0 unspecified atom stereocenters. The Balaban J connectivity index is 1.36. The van der Waals surface area contributed by atoms with Crippen molar-refractivity contribution in [2.45, 2.75) is 25.7 Å². The normalized spacial score (nSPS) is 14.8. The molecule has 0 fully saturated rings. The summed E-state index contributed by atoms with van der Waals surface area (Å²) >= 11 is 1.56. The Bertz CT molecular complexity index is 1660. The molecule has 0 atom stereocenters. The molecule has 1 amide bonds.